The molecule has 2 unspecified atom stereocenters. The Labute approximate surface area is 206 Å². The number of carbonyl (C=O) groups is 3. The summed E-state index contributed by atoms with van der Waals surface area (Å²) in [6.07, 6.45) is -0.733. The average Bonchev–Trinajstić information content (AvgIpc) is 2.76. The number of rotatable bonds is 8. The Morgan fingerprint density at radius 3 is 2.26 bits per heavy atom. The number of thiol groups is 1. The van der Waals surface area contributed by atoms with Crippen LogP contribution in [0, 0.1) is 6.92 Å². The molecule has 0 aliphatic carbocycles. The molecule has 3 amide bonds. The number of hydrogen-bond donors (Lipinski definition) is 3. The summed E-state index contributed by atoms with van der Waals surface area (Å²) in [5.74, 6) is -0.187. The van der Waals surface area contributed by atoms with Crippen LogP contribution in [0.5, 0.6) is 5.75 Å². The van der Waals surface area contributed by atoms with Crippen molar-refractivity contribution in [3.63, 3.8) is 0 Å². The lowest BCUT2D eigenvalue weighted by molar-refractivity contribution is -0.138. The number of likely N-dealkylation sites (N-methyl/N-ethyl adjacent to an activating group) is 1. The molecule has 2 aromatic rings. The second kappa shape index (κ2) is 11.8. The van der Waals surface area contributed by atoms with Gasteiger partial charge in [-0.25, -0.2) is 4.79 Å². The molecule has 0 fully saturated rings. The number of amides is 3. The molecule has 2 N–H and O–H groups in total. The minimum absolute atomic E-state index is 0.0308. The first-order valence-electron chi connectivity index (χ1n) is 10.8. The van der Waals surface area contributed by atoms with Crippen molar-refractivity contribution in [1.82, 2.24) is 10.2 Å². The molecule has 2 atom stereocenters. The molecule has 2 rings (SSSR count). The van der Waals surface area contributed by atoms with Gasteiger partial charge in [0.1, 0.15) is 23.4 Å². The van der Waals surface area contributed by atoms with Gasteiger partial charge in [-0.2, -0.15) is 12.6 Å². The number of anilines is 1. The molecule has 0 heterocycles. The molecule has 2 aromatic carbocycles. The topological polar surface area (TPSA) is 97.0 Å². The molecule has 0 aliphatic heterocycles. The Hall–Kier alpha value is -3.20. The average molecular weight is 488 g/mol. The molecule has 0 bridgehead atoms. The summed E-state index contributed by atoms with van der Waals surface area (Å²) in [5.41, 5.74) is 1.42. The van der Waals surface area contributed by atoms with Crippen molar-refractivity contribution in [2.24, 2.45) is 0 Å². The molecule has 8 nitrogen and oxygen atoms in total. The van der Waals surface area contributed by atoms with Gasteiger partial charge in [0, 0.05) is 18.5 Å². The predicted molar refractivity (Wildman–Crippen MR) is 135 cm³/mol. The van der Waals surface area contributed by atoms with E-state index in [0.29, 0.717) is 17.0 Å². The third kappa shape index (κ3) is 7.69. The van der Waals surface area contributed by atoms with E-state index in [4.69, 9.17) is 9.47 Å². The van der Waals surface area contributed by atoms with Crippen LogP contribution in [0.3, 0.4) is 0 Å². The van der Waals surface area contributed by atoms with Crippen LogP contribution < -0.4 is 15.4 Å². The number of nitrogens with one attached hydrogen (secondary N) is 2. The van der Waals surface area contributed by atoms with E-state index in [9.17, 15) is 14.4 Å². The third-order valence-corrected chi connectivity index (χ3v) is 5.24. The van der Waals surface area contributed by atoms with E-state index in [1.54, 1.807) is 58.2 Å². The highest BCUT2D eigenvalue weighted by Gasteiger charge is 2.33. The molecule has 0 radical (unpaired) electrons. The Morgan fingerprint density at radius 2 is 1.74 bits per heavy atom. The van der Waals surface area contributed by atoms with Gasteiger partial charge >= 0.3 is 6.09 Å². The van der Waals surface area contributed by atoms with Gasteiger partial charge in [0.15, 0.2) is 0 Å². The Balaban J connectivity index is 2.30. The van der Waals surface area contributed by atoms with E-state index in [0.717, 1.165) is 5.56 Å². The highest BCUT2D eigenvalue weighted by molar-refractivity contribution is 7.80. The van der Waals surface area contributed by atoms with Gasteiger partial charge in [0.05, 0.1) is 7.11 Å². The molecular formula is C25H33N3O5S. The zero-order valence-electron chi connectivity index (χ0n) is 20.4. The molecule has 184 valence electrons. The standard InChI is InChI=1S/C25H33N3O5S/c1-16-8-7-9-17(14-16)21(22(29)26-18-10-12-19(32-6)13-11-18)28(5)23(30)20(15-34)27-24(31)33-25(2,3)4/h7-14,20-21,34H,15H2,1-6H3,(H,26,29)(H,27,31). The number of ether oxygens (including phenoxy) is 2. The van der Waals surface area contributed by atoms with Crippen molar-refractivity contribution in [3.05, 3.63) is 59.7 Å². The summed E-state index contributed by atoms with van der Waals surface area (Å²) < 4.78 is 10.4. The van der Waals surface area contributed by atoms with Crippen molar-refractivity contribution in [3.8, 4) is 5.75 Å². The quantitative estimate of drug-likeness (QED) is 0.490. The normalized spacial score (nSPS) is 12.8. The van der Waals surface area contributed by atoms with Crippen LogP contribution in [0.4, 0.5) is 10.5 Å². The monoisotopic (exact) mass is 487 g/mol. The lowest BCUT2D eigenvalue weighted by Crippen LogP contribution is -2.52. The van der Waals surface area contributed by atoms with Crippen LogP contribution in [0.2, 0.25) is 0 Å². The summed E-state index contributed by atoms with van der Waals surface area (Å²) >= 11 is 4.23. The molecular weight excluding hydrogens is 454 g/mol. The fourth-order valence-corrected chi connectivity index (χ4v) is 3.53. The fraction of sp³-hybridized carbons (Fsp3) is 0.400. The van der Waals surface area contributed by atoms with E-state index in [-0.39, 0.29) is 5.75 Å². The van der Waals surface area contributed by atoms with Crippen molar-refractivity contribution in [1.29, 1.82) is 0 Å². The van der Waals surface area contributed by atoms with Crippen LogP contribution in [0.1, 0.15) is 37.9 Å². The van der Waals surface area contributed by atoms with Crippen molar-refractivity contribution in [2.45, 2.75) is 45.4 Å². The van der Waals surface area contributed by atoms with Gasteiger partial charge in [-0.05, 0) is 57.5 Å². The minimum atomic E-state index is -0.982. The third-order valence-electron chi connectivity index (χ3n) is 4.87. The van der Waals surface area contributed by atoms with Gasteiger partial charge in [-0.1, -0.05) is 29.8 Å². The predicted octanol–water partition coefficient (Wildman–Crippen LogP) is 3.96. The second-order valence-electron chi connectivity index (χ2n) is 8.86. The fourth-order valence-electron chi connectivity index (χ4n) is 3.28. The minimum Gasteiger partial charge on any atom is -0.497 e. The Kier molecular flexibility index (Phi) is 9.37. The van der Waals surface area contributed by atoms with Crippen LogP contribution in [0.15, 0.2) is 48.5 Å². The highest BCUT2D eigenvalue weighted by Crippen LogP contribution is 2.25. The maximum atomic E-state index is 13.4. The first-order valence-corrected chi connectivity index (χ1v) is 11.5. The van der Waals surface area contributed by atoms with E-state index in [2.05, 4.69) is 23.3 Å². The summed E-state index contributed by atoms with van der Waals surface area (Å²) in [7, 11) is 3.08. The summed E-state index contributed by atoms with van der Waals surface area (Å²) in [5, 5.41) is 5.40. The number of nitrogens with zero attached hydrogens (tertiary/aromatic N) is 1. The highest BCUT2D eigenvalue weighted by atomic mass is 32.1. The number of alkyl carbamates (subject to hydrolysis) is 1. The van der Waals surface area contributed by atoms with Crippen molar-refractivity contribution in [2.75, 3.05) is 25.2 Å². The summed E-state index contributed by atoms with van der Waals surface area (Å²) in [4.78, 5) is 40.3. The molecule has 34 heavy (non-hydrogen) atoms. The Morgan fingerprint density at radius 1 is 1.09 bits per heavy atom. The maximum absolute atomic E-state index is 13.4. The molecule has 0 spiro atoms. The summed E-state index contributed by atoms with van der Waals surface area (Å²) in [6, 6.07) is 12.3. The van der Waals surface area contributed by atoms with Crippen LogP contribution in [-0.4, -0.2) is 54.4 Å². The van der Waals surface area contributed by atoms with Gasteiger partial charge < -0.3 is 25.0 Å². The van der Waals surface area contributed by atoms with Gasteiger partial charge in [-0.3, -0.25) is 9.59 Å². The molecule has 0 saturated carbocycles. The van der Waals surface area contributed by atoms with E-state index < -0.39 is 35.6 Å². The summed E-state index contributed by atoms with van der Waals surface area (Å²) in [6.45, 7) is 7.10. The lowest BCUT2D eigenvalue weighted by atomic mass is 10.0. The van der Waals surface area contributed by atoms with E-state index in [1.165, 1.54) is 11.9 Å². The zero-order valence-corrected chi connectivity index (χ0v) is 21.3. The number of hydrogen-bond acceptors (Lipinski definition) is 6. The van der Waals surface area contributed by atoms with E-state index in [1.807, 2.05) is 25.1 Å². The molecule has 9 heteroatoms. The van der Waals surface area contributed by atoms with Crippen LogP contribution in [0.25, 0.3) is 0 Å². The molecule has 0 saturated heterocycles. The lowest BCUT2D eigenvalue weighted by Gasteiger charge is -2.31. The van der Waals surface area contributed by atoms with Gasteiger partial charge in [0.2, 0.25) is 5.91 Å². The van der Waals surface area contributed by atoms with Gasteiger partial charge in [-0.15, -0.1) is 0 Å². The van der Waals surface area contributed by atoms with E-state index >= 15 is 0 Å². The first-order chi connectivity index (χ1) is 15.9. The number of aryl methyl sites for hydroxylation is 1. The largest absolute Gasteiger partial charge is 0.497 e. The van der Waals surface area contributed by atoms with Crippen molar-refractivity contribution < 1.29 is 23.9 Å². The SMILES string of the molecule is COc1ccc(NC(=O)C(c2cccc(C)c2)N(C)C(=O)C(CS)NC(=O)OC(C)(C)C)cc1. The number of carbonyl (C=O) groups excluding carboxylic acids is 3. The van der Waals surface area contributed by atoms with Crippen molar-refractivity contribution >= 4 is 36.2 Å². The zero-order chi connectivity index (χ0) is 25.5. The van der Waals surface area contributed by atoms with Crippen LogP contribution >= 0.6 is 12.6 Å². The van der Waals surface area contributed by atoms with Gasteiger partial charge in [0.25, 0.3) is 5.91 Å². The number of methoxy groups -OCH3 is 1. The Bertz CT molecular complexity index is 1000. The molecule has 0 aliphatic rings. The first kappa shape index (κ1) is 27.0. The second-order valence-corrected chi connectivity index (χ2v) is 9.23. The number of benzene rings is 2. The smallest absolute Gasteiger partial charge is 0.408 e. The maximum Gasteiger partial charge on any atom is 0.408 e. The molecule has 0 aromatic heterocycles. The van der Waals surface area contributed by atoms with Crippen LogP contribution in [-0.2, 0) is 14.3 Å².